The molecule has 0 radical (unpaired) electrons. The van der Waals surface area contributed by atoms with Gasteiger partial charge in [0.05, 0.1) is 0 Å². The smallest absolute Gasteiger partial charge is 0.0140 e. The lowest BCUT2D eigenvalue weighted by molar-refractivity contribution is 0.114. The van der Waals surface area contributed by atoms with Crippen molar-refractivity contribution in [2.45, 2.75) is 84.6 Å². The van der Waals surface area contributed by atoms with Crippen molar-refractivity contribution in [2.75, 3.05) is 14.1 Å². The SMILES string of the molecule is CCCCCCCCC(N(C)C)C(C)(C)CCc1ccccc1. The van der Waals surface area contributed by atoms with E-state index in [1.165, 1.54) is 63.4 Å². The van der Waals surface area contributed by atoms with Crippen molar-refractivity contribution in [1.29, 1.82) is 0 Å². The number of hydrogen-bond donors (Lipinski definition) is 0. The van der Waals surface area contributed by atoms with Gasteiger partial charge in [-0.15, -0.1) is 0 Å². The van der Waals surface area contributed by atoms with Gasteiger partial charge in [-0.1, -0.05) is 89.6 Å². The zero-order valence-corrected chi connectivity index (χ0v) is 16.3. The monoisotopic (exact) mass is 317 g/mol. The Labute approximate surface area is 145 Å². The fraction of sp³-hybridized carbons (Fsp3) is 0.727. The largest absolute Gasteiger partial charge is 0.306 e. The highest BCUT2D eigenvalue weighted by Gasteiger charge is 2.30. The van der Waals surface area contributed by atoms with Gasteiger partial charge < -0.3 is 4.90 Å². The molecule has 1 heteroatoms. The molecular weight excluding hydrogens is 278 g/mol. The number of aryl methyl sites for hydroxylation is 1. The molecule has 1 rings (SSSR count). The number of benzene rings is 1. The van der Waals surface area contributed by atoms with Gasteiger partial charge in [-0.2, -0.15) is 0 Å². The minimum absolute atomic E-state index is 0.364. The number of rotatable bonds is 12. The molecular formula is C22H39N. The zero-order valence-electron chi connectivity index (χ0n) is 16.3. The molecule has 0 N–H and O–H groups in total. The number of unbranched alkanes of at least 4 members (excludes halogenated alkanes) is 5. The molecule has 1 nitrogen and oxygen atoms in total. The van der Waals surface area contributed by atoms with E-state index in [9.17, 15) is 0 Å². The van der Waals surface area contributed by atoms with Crippen LogP contribution in [0, 0.1) is 5.41 Å². The molecule has 0 bridgehead atoms. The normalized spacial score (nSPS) is 13.5. The lowest BCUT2D eigenvalue weighted by Crippen LogP contribution is -2.41. The molecule has 0 aliphatic heterocycles. The topological polar surface area (TPSA) is 3.24 Å². The van der Waals surface area contributed by atoms with Crippen molar-refractivity contribution in [3.05, 3.63) is 35.9 Å². The molecule has 0 spiro atoms. The minimum atomic E-state index is 0.364. The molecule has 1 unspecified atom stereocenters. The average Bonchev–Trinajstić information content (AvgIpc) is 2.52. The second kappa shape index (κ2) is 10.9. The first-order valence-electron chi connectivity index (χ1n) is 9.67. The van der Waals surface area contributed by atoms with Gasteiger partial charge in [0, 0.05) is 6.04 Å². The van der Waals surface area contributed by atoms with Crippen molar-refractivity contribution in [3.63, 3.8) is 0 Å². The Morgan fingerprint density at radius 1 is 0.913 bits per heavy atom. The predicted molar refractivity (Wildman–Crippen MR) is 104 cm³/mol. The summed E-state index contributed by atoms with van der Waals surface area (Å²) in [5.41, 5.74) is 1.83. The Balaban J connectivity index is 2.43. The summed E-state index contributed by atoms with van der Waals surface area (Å²) in [7, 11) is 4.51. The molecule has 1 atom stereocenters. The molecule has 132 valence electrons. The standard InChI is InChI=1S/C22H39N/c1-6-7-8-9-10-14-17-21(23(4)5)22(2,3)19-18-20-15-12-11-13-16-20/h11-13,15-16,21H,6-10,14,17-19H2,1-5H3. The Morgan fingerprint density at radius 2 is 1.52 bits per heavy atom. The summed E-state index contributed by atoms with van der Waals surface area (Å²) in [6, 6.07) is 11.6. The van der Waals surface area contributed by atoms with Gasteiger partial charge in [0.2, 0.25) is 0 Å². The molecule has 0 heterocycles. The second-order valence-electron chi connectivity index (χ2n) is 8.01. The van der Waals surface area contributed by atoms with Crippen LogP contribution in [0.5, 0.6) is 0 Å². The second-order valence-corrected chi connectivity index (χ2v) is 8.01. The van der Waals surface area contributed by atoms with Gasteiger partial charge in [-0.05, 0) is 44.3 Å². The predicted octanol–water partition coefficient (Wildman–Crippen LogP) is 6.33. The molecule has 0 amide bonds. The van der Waals surface area contributed by atoms with E-state index in [-0.39, 0.29) is 0 Å². The third-order valence-corrected chi connectivity index (χ3v) is 5.26. The Morgan fingerprint density at radius 3 is 2.13 bits per heavy atom. The zero-order chi connectivity index (χ0) is 17.1. The molecule has 23 heavy (non-hydrogen) atoms. The van der Waals surface area contributed by atoms with E-state index in [4.69, 9.17) is 0 Å². The minimum Gasteiger partial charge on any atom is -0.306 e. The van der Waals surface area contributed by atoms with Crippen molar-refractivity contribution in [1.82, 2.24) is 4.90 Å². The van der Waals surface area contributed by atoms with Gasteiger partial charge in [0.15, 0.2) is 0 Å². The maximum atomic E-state index is 2.46. The van der Waals surface area contributed by atoms with E-state index in [2.05, 4.69) is 70.1 Å². The average molecular weight is 318 g/mol. The van der Waals surface area contributed by atoms with Gasteiger partial charge in [0.1, 0.15) is 0 Å². The van der Waals surface area contributed by atoms with Crippen LogP contribution in [0.3, 0.4) is 0 Å². The molecule has 0 aliphatic rings. The molecule has 0 fully saturated rings. The Bertz CT molecular complexity index is 394. The molecule has 1 aromatic rings. The summed E-state index contributed by atoms with van der Waals surface area (Å²) in [6.45, 7) is 7.20. The highest BCUT2D eigenvalue weighted by atomic mass is 15.1. The maximum absolute atomic E-state index is 2.46. The maximum Gasteiger partial charge on any atom is 0.0140 e. The van der Waals surface area contributed by atoms with E-state index in [0.717, 1.165) is 0 Å². The van der Waals surface area contributed by atoms with Crippen LogP contribution in [-0.2, 0) is 6.42 Å². The van der Waals surface area contributed by atoms with Crippen LogP contribution < -0.4 is 0 Å². The summed E-state index contributed by atoms with van der Waals surface area (Å²) >= 11 is 0. The lowest BCUT2D eigenvalue weighted by atomic mass is 9.76. The summed E-state index contributed by atoms with van der Waals surface area (Å²) < 4.78 is 0. The molecule has 0 saturated heterocycles. The van der Waals surface area contributed by atoms with E-state index >= 15 is 0 Å². The van der Waals surface area contributed by atoms with Crippen LogP contribution in [0.4, 0.5) is 0 Å². The lowest BCUT2D eigenvalue weighted by Gasteiger charge is -2.39. The van der Waals surface area contributed by atoms with Crippen molar-refractivity contribution >= 4 is 0 Å². The Hall–Kier alpha value is -0.820. The van der Waals surface area contributed by atoms with Crippen molar-refractivity contribution in [3.8, 4) is 0 Å². The number of hydrogen-bond acceptors (Lipinski definition) is 1. The van der Waals surface area contributed by atoms with Gasteiger partial charge >= 0.3 is 0 Å². The van der Waals surface area contributed by atoms with Gasteiger partial charge in [-0.25, -0.2) is 0 Å². The van der Waals surface area contributed by atoms with Crippen LogP contribution in [0.25, 0.3) is 0 Å². The van der Waals surface area contributed by atoms with Crippen LogP contribution in [0.2, 0.25) is 0 Å². The first kappa shape index (κ1) is 20.2. The Kier molecular flexibility index (Phi) is 9.55. The van der Waals surface area contributed by atoms with E-state index in [0.29, 0.717) is 11.5 Å². The van der Waals surface area contributed by atoms with Crippen LogP contribution in [0.15, 0.2) is 30.3 Å². The van der Waals surface area contributed by atoms with E-state index in [1.807, 2.05) is 0 Å². The third-order valence-electron chi connectivity index (χ3n) is 5.26. The summed E-state index contributed by atoms with van der Waals surface area (Å²) in [5, 5.41) is 0. The van der Waals surface area contributed by atoms with Crippen LogP contribution in [0.1, 0.15) is 77.7 Å². The van der Waals surface area contributed by atoms with Crippen molar-refractivity contribution in [2.24, 2.45) is 5.41 Å². The summed E-state index contributed by atoms with van der Waals surface area (Å²) in [6.07, 6.45) is 12.1. The molecule has 0 aromatic heterocycles. The highest BCUT2D eigenvalue weighted by molar-refractivity contribution is 5.15. The summed E-state index contributed by atoms with van der Waals surface area (Å²) in [4.78, 5) is 2.46. The first-order valence-corrected chi connectivity index (χ1v) is 9.67. The van der Waals surface area contributed by atoms with Gasteiger partial charge in [0.25, 0.3) is 0 Å². The fourth-order valence-corrected chi connectivity index (χ4v) is 3.74. The first-order chi connectivity index (χ1) is 11.0. The van der Waals surface area contributed by atoms with Gasteiger partial charge in [-0.3, -0.25) is 0 Å². The molecule has 0 aliphatic carbocycles. The third kappa shape index (κ3) is 8.01. The van der Waals surface area contributed by atoms with Crippen LogP contribution >= 0.6 is 0 Å². The summed E-state index contributed by atoms with van der Waals surface area (Å²) in [5.74, 6) is 0. The molecule has 0 saturated carbocycles. The quantitative estimate of drug-likeness (QED) is 0.407. The van der Waals surface area contributed by atoms with E-state index in [1.54, 1.807) is 0 Å². The number of nitrogens with zero attached hydrogens (tertiary/aromatic N) is 1. The fourth-order valence-electron chi connectivity index (χ4n) is 3.74. The highest BCUT2D eigenvalue weighted by Crippen LogP contribution is 2.33. The van der Waals surface area contributed by atoms with E-state index < -0.39 is 0 Å². The van der Waals surface area contributed by atoms with Crippen molar-refractivity contribution < 1.29 is 0 Å². The van der Waals surface area contributed by atoms with Crippen LogP contribution in [-0.4, -0.2) is 25.0 Å². The molecule has 1 aromatic carbocycles.